The summed E-state index contributed by atoms with van der Waals surface area (Å²) < 4.78 is 53.3. The number of halogens is 2. The molecular formula is C16H16F2N4O3S. The zero-order valence-corrected chi connectivity index (χ0v) is 14.2. The van der Waals surface area contributed by atoms with E-state index in [-0.39, 0.29) is 12.2 Å². The molecule has 0 aromatic heterocycles. The van der Waals surface area contributed by atoms with Crippen molar-refractivity contribution in [2.24, 2.45) is 5.92 Å². The number of nitrogens with one attached hydrogen (secondary N) is 4. The summed E-state index contributed by atoms with van der Waals surface area (Å²) in [5, 5.41) is 1.31. The maximum absolute atomic E-state index is 12.9. The highest BCUT2D eigenvalue weighted by Crippen LogP contribution is 2.20. The standard InChI is InChI=1S/C16H16F2N4O3S/c17-10-1-5-12(6-2-10)20-15(23)14-9-19-21-16(14)26(24,25)22-13-7-3-11(18)4-8-13/h1-8,14,16,19,21-22H,9H2,(H,20,23). The van der Waals surface area contributed by atoms with Crippen molar-refractivity contribution in [1.82, 2.24) is 10.9 Å². The lowest BCUT2D eigenvalue weighted by atomic mass is 10.1. The van der Waals surface area contributed by atoms with Crippen LogP contribution < -0.4 is 20.9 Å². The van der Waals surface area contributed by atoms with Gasteiger partial charge in [0.25, 0.3) is 10.0 Å². The Kier molecular flexibility index (Phi) is 5.16. The normalized spacial score (nSPS) is 19.9. The van der Waals surface area contributed by atoms with Crippen LogP contribution in [0.5, 0.6) is 0 Å². The molecule has 4 N–H and O–H groups in total. The van der Waals surface area contributed by atoms with E-state index in [0.29, 0.717) is 5.69 Å². The highest BCUT2D eigenvalue weighted by molar-refractivity contribution is 7.93. The molecule has 0 saturated carbocycles. The van der Waals surface area contributed by atoms with Crippen LogP contribution in [-0.4, -0.2) is 26.2 Å². The molecule has 0 radical (unpaired) electrons. The molecule has 2 atom stereocenters. The molecule has 0 bridgehead atoms. The third-order valence-electron chi connectivity index (χ3n) is 3.82. The topological polar surface area (TPSA) is 99.3 Å². The molecule has 0 spiro atoms. The van der Waals surface area contributed by atoms with Gasteiger partial charge in [0.05, 0.1) is 5.92 Å². The molecule has 2 unspecified atom stereocenters. The van der Waals surface area contributed by atoms with Crippen molar-refractivity contribution < 1.29 is 22.0 Å². The van der Waals surface area contributed by atoms with Crippen LogP contribution in [-0.2, 0) is 14.8 Å². The largest absolute Gasteiger partial charge is 0.326 e. The van der Waals surface area contributed by atoms with E-state index in [4.69, 9.17) is 0 Å². The number of amides is 1. The molecule has 1 saturated heterocycles. The van der Waals surface area contributed by atoms with Crippen molar-refractivity contribution >= 4 is 27.3 Å². The molecule has 26 heavy (non-hydrogen) atoms. The van der Waals surface area contributed by atoms with Crippen LogP contribution in [0.4, 0.5) is 20.2 Å². The number of hydrogen-bond acceptors (Lipinski definition) is 5. The van der Waals surface area contributed by atoms with Crippen molar-refractivity contribution in [1.29, 1.82) is 0 Å². The molecule has 2 aromatic carbocycles. The first-order valence-corrected chi connectivity index (χ1v) is 9.22. The average Bonchev–Trinajstić information content (AvgIpc) is 3.10. The number of anilines is 2. The first-order chi connectivity index (χ1) is 12.3. The molecule has 1 aliphatic rings. The number of benzene rings is 2. The van der Waals surface area contributed by atoms with Crippen LogP contribution in [0, 0.1) is 17.6 Å². The van der Waals surface area contributed by atoms with Crippen molar-refractivity contribution in [2.45, 2.75) is 5.37 Å². The van der Waals surface area contributed by atoms with Crippen LogP contribution in [0.2, 0.25) is 0 Å². The second-order valence-electron chi connectivity index (χ2n) is 5.70. The first-order valence-electron chi connectivity index (χ1n) is 7.67. The summed E-state index contributed by atoms with van der Waals surface area (Å²) in [5.41, 5.74) is 5.74. The monoisotopic (exact) mass is 382 g/mol. The Bertz CT molecular complexity index is 889. The Morgan fingerprint density at radius 1 is 0.962 bits per heavy atom. The van der Waals surface area contributed by atoms with E-state index < -0.39 is 38.9 Å². The van der Waals surface area contributed by atoms with E-state index in [9.17, 15) is 22.0 Å². The summed E-state index contributed by atoms with van der Waals surface area (Å²) in [7, 11) is -3.99. The highest BCUT2D eigenvalue weighted by Gasteiger charge is 2.41. The lowest BCUT2D eigenvalue weighted by Crippen LogP contribution is -2.45. The van der Waals surface area contributed by atoms with Crippen LogP contribution in [0.25, 0.3) is 0 Å². The predicted octanol–water partition coefficient (Wildman–Crippen LogP) is 1.40. The molecule has 1 fully saturated rings. The fourth-order valence-corrected chi connectivity index (χ4v) is 4.00. The molecule has 3 rings (SSSR count). The molecule has 1 amide bonds. The van der Waals surface area contributed by atoms with Crippen LogP contribution in [0.3, 0.4) is 0 Å². The van der Waals surface area contributed by atoms with Gasteiger partial charge in [0.1, 0.15) is 11.6 Å². The van der Waals surface area contributed by atoms with Gasteiger partial charge in [-0.05, 0) is 48.5 Å². The van der Waals surface area contributed by atoms with E-state index >= 15 is 0 Å². The lowest BCUT2D eigenvalue weighted by Gasteiger charge is -2.19. The van der Waals surface area contributed by atoms with Gasteiger partial charge in [0, 0.05) is 17.9 Å². The van der Waals surface area contributed by atoms with Crippen LogP contribution >= 0.6 is 0 Å². The van der Waals surface area contributed by atoms with Gasteiger partial charge in [-0.15, -0.1) is 0 Å². The van der Waals surface area contributed by atoms with Gasteiger partial charge in [-0.1, -0.05) is 0 Å². The minimum atomic E-state index is -3.99. The third-order valence-corrected chi connectivity index (χ3v) is 5.45. The van der Waals surface area contributed by atoms with E-state index in [1.54, 1.807) is 0 Å². The summed E-state index contributed by atoms with van der Waals surface area (Å²) >= 11 is 0. The lowest BCUT2D eigenvalue weighted by molar-refractivity contribution is -0.119. The Labute approximate surface area is 148 Å². The summed E-state index contributed by atoms with van der Waals surface area (Å²) in [4.78, 5) is 12.4. The smallest absolute Gasteiger partial charge is 0.250 e. The summed E-state index contributed by atoms with van der Waals surface area (Å²) in [6, 6.07) is 9.93. The summed E-state index contributed by atoms with van der Waals surface area (Å²) in [6.07, 6.45) is 0. The molecule has 2 aromatic rings. The van der Waals surface area contributed by atoms with Crippen molar-refractivity contribution in [3.63, 3.8) is 0 Å². The minimum Gasteiger partial charge on any atom is -0.326 e. The van der Waals surface area contributed by atoms with Crippen molar-refractivity contribution in [3.8, 4) is 0 Å². The molecule has 7 nitrogen and oxygen atoms in total. The van der Waals surface area contributed by atoms with Crippen molar-refractivity contribution in [3.05, 3.63) is 60.2 Å². The molecule has 1 aliphatic heterocycles. The minimum absolute atomic E-state index is 0.0853. The quantitative estimate of drug-likeness (QED) is 0.627. The third kappa shape index (κ3) is 4.15. The number of sulfonamides is 1. The average molecular weight is 382 g/mol. The number of carbonyl (C=O) groups excluding carboxylic acids is 1. The number of hydrogen-bond donors (Lipinski definition) is 4. The fraction of sp³-hybridized carbons (Fsp3) is 0.188. The van der Waals surface area contributed by atoms with Gasteiger partial charge in [-0.2, -0.15) is 0 Å². The number of hydrazine groups is 1. The SMILES string of the molecule is O=C(Nc1ccc(F)cc1)C1CNNC1S(=O)(=O)Nc1ccc(F)cc1. The van der Waals surface area contributed by atoms with Gasteiger partial charge in [0.2, 0.25) is 5.91 Å². The Hall–Kier alpha value is -2.56. The molecule has 0 aliphatic carbocycles. The van der Waals surface area contributed by atoms with E-state index in [1.807, 2.05) is 0 Å². The first kappa shape index (κ1) is 18.2. The van der Waals surface area contributed by atoms with Gasteiger partial charge < -0.3 is 5.32 Å². The van der Waals surface area contributed by atoms with Gasteiger partial charge in [-0.25, -0.2) is 22.6 Å². The van der Waals surface area contributed by atoms with Gasteiger partial charge >= 0.3 is 0 Å². The van der Waals surface area contributed by atoms with Gasteiger partial charge in [0.15, 0.2) is 5.37 Å². The summed E-state index contributed by atoms with van der Waals surface area (Å²) in [5.74, 6) is -2.41. The fourth-order valence-electron chi connectivity index (χ4n) is 2.51. The van der Waals surface area contributed by atoms with Crippen molar-refractivity contribution in [2.75, 3.05) is 16.6 Å². The van der Waals surface area contributed by atoms with E-state index in [2.05, 4.69) is 20.9 Å². The van der Waals surface area contributed by atoms with E-state index in [1.165, 1.54) is 36.4 Å². The maximum atomic E-state index is 12.9. The predicted molar refractivity (Wildman–Crippen MR) is 92.4 cm³/mol. The summed E-state index contributed by atoms with van der Waals surface area (Å²) in [6.45, 7) is 0.0853. The second kappa shape index (κ2) is 7.36. The Morgan fingerprint density at radius 3 is 2.08 bits per heavy atom. The highest BCUT2D eigenvalue weighted by atomic mass is 32.2. The number of rotatable bonds is 5. The van der Waals surface area contributed by atoms with Crippen LogP contribution in [0.1, 0.15) is 0 Å². The molecule has 138 valence electrons. The Balaban J connectivity index is 1.72. The zero-order chi connectivity index (χ0) is 18.7. The molecule has 1 heterocycles. The maximum Gasteiger partial charge on any atom is 0.250 e. The van der Waals surface area contributed by atoms with Gasteiger partial charge in [-0.3, -0.25) is 14.9 Å². The second-order valence-corrected chi connectivity index (χ2v) is 7.50. The van der Waals surface area contributed by atoms with E-state index in [0.717, 1.165) is 12.1 Å². The molecular weight excluding hydrogens is 366 g/mol. The Morgan fingerprint density at radius 2 is 1.50 bits per heavy atom. The number of carbonyl (C=O) groups is 1. The zero-order valence-electron chi connectivity index (χ0n) is 13.4. The van der Waals surface area contributed by atoms with Crippen LogP contribution in [0.15, 0.2) is 48.5 Å². The molecule has 10 heteroatoms.